The summed E-state index contributed by atoms with van der Waals surface area (Å²) >= 11 is 0. The van der Waals surface area contributed by atoms with E-state index in [0.717, 1.165) is 30.5 Å². The summed E-state index contributed by atoms with van der Waals surface area (Å²) in [4.78, 5) is 30.6. The molecule has 3 aromatic rings. The monoisotopic (exact) mass is 502 g/mol. The van der Waals surface area contributed by atoms with Gasteiger partial charge in [0.1, 0.15) is 11.4 Å². The summed E-state index contributed by atoms with van der Waals surface area (Å²) in [6.45, 7) is 2.00. The molecule has 38 heavy (non-hydrogen) atoms. The van der Waals surface area contributed by atoms with Crippen molar-refractivity contribution in [1.29, 1.82) is 0 Å². The summed E-state index contributed by atoms with van der Waals surface area (Å²) in [5.74, 6) is 12.4. The second-order valence-electron chi connectivity index (χ2n) is 8.42. The highest BCUT2D eigenvalue weighted by Crippen LogP contribution is 2.13. The van der Waals surface area contributed by atoms with Crippen LogP contribution in [0.1, 0.15) is 52.5 Å². The van der Waals surface area contributed by atoms with Crippen molar-refractivity contribution in [3.8, 4) is 23.7 Å². The molecule has 0 spiro atoms. The molecule has 6 nitrogen and oxygen atoms in total. The van der Waals surface area contributed by atoms with Crippen LogP contribution in [0.3, 0.4) is 0 Å². The van der Waals surface area contributed by atoms with Crippen LogP contribution in [0.15, 0.2) is 89.7 Å². The van der Waals surface area contributed by atoms with Crippen LogP contribution in [0, 0.1) is 23.7 Å². The van der Waals surface area contributed by atoms with E-state index < -0.39 is 0 Å². The summed E-state index contributed by atoms with van der Waals surface area (Å²) in [6, 6.07) is 21.1. The Morgan fingerprint density at radius 1 is 0.974 bits per heavy atom. The minimum Gasteiger partial charge on any atom is -0.362 e. The second-order valence-corrected chi connectivity index (χ2v) is 8.42. The summed E-state index contributed by atoms with van der Waals surface area (Å²) in [6.07, 6.45) is 8.89. The van der Waals surface area contributed by atoms with E-state index in [1.807, 2.05) is 61.7 Å². The fraction of sp³-hybridized carbons (Fsp3) is 0.188. The van der Waals surface area contributed by atoms with E-state index in [1.165, 1.54) is 5.56 Å². The van der Waals surface area contributed by atoms with Gasteiger partial charge in [-0.3, -0.25) is 14.6 Å². The lowest BCUT2D eigenvalue weighted by Crippen LogP contribution is -2.34. The van der Waals surface area contributed by atoms with E-state index in [1.54, 1.807) is 25.4 Å². The van der Waals surface area contributed by atoms with Gasteiger partial charge >= 0.3 is 0 Å². The van der Waals surface area contributed by atoms with Crippen LogP contribution in [0.5, 0.6) is 0 Å². The normalized spacial score (nSPS) is 12.1. The van der Waals surface area contributed by atoms with Gasteiger partial charge in [-0.1, -0.05) is 48.2 Å². The first-order valence-corrected chi connectivity index (χ1v) is 12.4. The molecular weight excluding hydrogens is 472 g/mol. The molecule has 6 heteroatoms. The van der Waals surface area contributed by atoms with Gasteiger partial charge in [0.05, 0.1) is 0 Å². The average Bonchev–Trinajstić information content (AvgIpc) is 2.96. The summed E-state index contributed by atoms with van der Waals surface area (Å²) in [7, 11) is 1.56. The lowest BCUT2D eigenvalue weighted by molar-refractivity contribution is -0.109. The molecule has 1 aliphatic heterocycles. The van der Waals surface area contributed by atoms with Crippen LogP contribution >= 0.6 is 0 Å². The van der Waals surface area contributed by atoms with E-state index in [4.69, 9.17) is 4.79 Å². The number of benzene rings is 2. The van der Waals surface area contributed by atoms with Gasteiger partial charge in [-0.25, -0.2) is 4.98 Å². The van der Waals surface area contributed by atoms with Crippen molar-refractivity contribution in [3.63, 3.8) is 0 Å². The molecule has 2 amide bonds. The zero-order valence-electron chi connectivity index (χ0n) is 21.6. The van der Waals surface area contributed by atoms with Crippen molar-refractivity contribution in [2.45, 2.75) is 32.2 Å². The fourth-order valence-electron chi connectivity index (χ4n) is 3.52. The fourth-order valence-corrected chi connectivity index (χ4v) is 3.52. The Morgan fingerprint density at radius 3 is 2.42 bits per heavy atom. The van der Waals surface area contributed by atoms with Gasteiger partial charge in [-0.15, -0.1) is 0 Å². The van der Waals surface area contributed by atoms with E-state index in [2.05, 4.69) is 56.4 Å². The number of pyridine rings is 1. The number of nitrogens with zero attached hydrogens (tertiary/aromatic N) is 2. The third-order valence-corrected chi connectivity index (χ3v) is 5.34. The number of aliphatic imine (C=N–C) groups is 1. The SMILES string of the molecule is CNC=O.C[C@@H](Cc1ccccc1)NC(=O)c1ccc(C#CC2=CCCC=N2)c(C#Cc2ccccn2)c1. The van der Waals surface area contributed by atoms with Gasteiger partial charge in [0.25, 0.3) is 5.91 Å². The first-order chi connectivity index (χ1) is 18.6. The third kappa shape index (κ3) is 9.26. The van der Waals surface area contributed by atoms with E-state index >= 15 is 0 Å². The Bertz CT molecular complexity index is 1410. The maximum Gasteiger partial charge on any atom is 0.251 e. The van der Waals surface area contributed by atoms with Crippen LogP contribution < -0.4 is 10.6 Å². The van der Waals surface area contributed by atoms with Gasteiger partial charge in [-0.05, 0) is 80.0 Å². The lowest BCUT2D eigenvalue weighted by Gasteiger charge is -2.14. The molecule has 0 saturated carbocycles. The Balaban J connectivity index is 0.000000934. The van der Waals surface area contributed by atoms with Crippen LogP contribution in [0.25, 0.3) is 0 Å². The number of aromatic nitrogens is 1. The van der Waals surface area contributed by atoms with Crippen molar-refractivity contribution in [3.05, 3.63) is 113 Å². The van der Waals surface area contributed by atoms with Gasteiger partial charge in [0.2, 0.25) is 6.41 Å². The second kappa shape index (κ2) is 15.2. The molecule has 190 valence electrons. The van der Waals surface area contributed by atoms with Gasteiger partial charge < -0.3 is 10.6 Å². The highest BCUT2D eigenvalue weighted by molar-refractivity contribution is 5.95. The third-order valence-electron chi connectivity index (χ3n) is 5.34. The highest BCUT2D eigenvalue weighted by Gasteiger charge is 2.12. The van der Waals surface area contributed by atoms with E-state index in [-0.39, 0.29) is 11.9 Å². The van der Waals surface area contributed by atoms with Crippen molar-refractivity contribution in [2.24, 2.45) is 4.99 Å². The molecule has 0 radical (unpaired) electrons. The Kier molecular flexibility index (Phi) is 11.1. The number of carbonyl (C=O) groups is 2. The molecule has 1 atom stereocenters. The molecule has 0 bridgehead atoms. The maximum atomic E-state index is 13.0. The Labute approximate surface area is 224 Å². The topological polar surface area (TPSA) is 83.5 Å². The predicted octanol–water partition coefficient (Wildman–Crippen LogP) is 4.30. The number of allylic oxidation sites excluding steroid dienone is 2. The van der Waals surface area contributed by atoms with Crippen LogP contribution in [0.4, 0.5) is 0 Å². The smallest absolute Gasteiger partial charge is 0.251 e. The summed E-state index contributed by atoms with van der Waals surface area (Å²) < 4.78 is 0. The number of hydrogen-bond donors (Lipinski definition) is 2. The van der Waals surface area contributed by atoms with Gasteiger partial charge in [-0.2, -0.15) is 0 Å². The number of hydrogen-bond acceptors (Lipinski definition) is 4. The Morgan fingerprint density at radius 2 is 1.74 bits per heavy atom. The zero-order valence-corrected chi connectivity index (χ0v) is 21.6. The molecule has 0 aliphatic carbocycles. The molecular formula is C32H30N4O2. The minimum absolute atomic E-state index is 0.00600. The van der Waals surface area contributed by atoms with Crippen LogP contribution in [-0.4, -0.2) is 36.6 Å². The molecule has 2 N–H and O–H groups in total. The number of carbonyl (C=O) groups excluding carboxylic acids is 2. The van der Waals surface area contributed by atoms with Crippen LogP contribution in [0.2, 0.25) is 0 Å². The maximum absolute atomic E-state index is 13.0. The number of nitrogens with one attached hydrogen (secondary N) is 2. The number of amides is 2. The van der Waals surface area contributed by atoms with Crippen molar-refractivity contribution >= 4 is 18.5 Å². The number of rotatable bonds is 5. The quantitative estimate of drug-likeness (QED) is 0.403. The average molecular weight is 503 g/mol. The van der Waals surface area contributed by atoms with Gasteiger partial charge in [0.15, 0.2) is 0 Å². The first-order valence-electron chi connectivity index (χ1n) is 12.4. The predicted molar refractivity (Wildman–Crippen MR) is 152 cm³/mol. The molecule has 0 unspecified atom stereocenters. The molecule has 0 fully saturated rings. The van der Waals surface area contributed by atoms with E-state index in [0.29, 0.717) is 23.2 Å². The summed E-state index contributed by atoms with van der Waals surface area (Å²) in [5.41, 5.74) is 4.58. The lowest BCUT2D eigenvalue weighted by atomic mass is 10.0. The standard InChI is InChI=1S/C30H25N3O.C2H5NO/c1-23(21-24-9-3-2-4-10-24)33-30(34)27-14-13-25(15-17-28-11-5-7-19-31-28)26(22-27)16-18-29-12-6-8-20-32-29;1-3-2-4/h2-4,6,8-14,19-20,22-23H,5,7,21H2,1H3,(H,33,34);2H,1H3,(H,3,4)/t23-;/m0./s1. The van der Waals surface area contributed by atoms with Gasteiger partial charge in [0, 0.05) is 42.2 Å². The zero-order chi connectivity index (χ0) is 27.0. The van der Waals surface area contributed by atoms with Crippen molar-refractivity contribution in [2.75, 3.05) is 7.05 Å². The molecule has 4 rings (SSSR count). The molecule has 2 heterocycles. The van der Waals surface area contributed by atoms with Crippen LogP contribution in [-0.2, 0) is 11.2 Å². The minimum atomic E-state index is -0.136. The highest BCUT2D eigenvalue weighted by atomic mass is 16.1. The van der Waals surface area contributed by atoms with E-state index in [9.17, 15) is 4.79 Å². The molecule has 2 aromatic carbocycles. The Hall–Kier alpha value is -4.94. The molecule has 1 aliphatic rings. The van der Waals surface area contributed by atoms with Crippen molar-refractivity contribution in [1.82, 2.24) is 15.6 Å². The molecule has 1 aromatic heterocycles. The summed E-state index contributed by atoms with van der Waals surface area (Å²) in [5, 5.41) is 5.34. The largest absolute Gasteiger partial charge is 0.362 e. The first kappa shape index (κ1) is 27.6. The molecule has 0 saturated heterocycles. The van der Waals surface area contributed by atoms with Crippen molar-refractivity contribution < 1.29 is 9.59 Å².